The molecule has 0 aliphatic rings. The molecule has 0 saturated carbocycles. The highest BCUT2D eigenvalue weighted by Crippen LogP contribution is 2.26. The Morgan fingerprint density at radius 3 is 2.86 bits per heavy atom. The first-order chi connectivity index (χ1) is 10.1. The summed E-state index contributed by atoms with van der Waals surface area (Å²) in [6.07, 6.45) is 1.68. The summed E-state index contributed by atoms with van der Waals surface area (Å²) in [5.41, 5.74) is 1.45. The predicted octanol–water partition coefficient (Wildman–Crippen LogP) is 4.07. The Labute approximate surface area is 125 Å². The lowest BCUT2D eigenvalue weighted by atomic mass is 10.2. The molecule has 0 fully saturated rings. The monoisotopic (exact) mass is 288 g/mol. The topological polar surface area (TPSA) is 34.1 Å². The minimum atomic E-state index is -0.325. The van der Waals surface area contributed by atoms with Gasteiger partial charge < -0.3 is 10.1 Å². The molecule has 0 aliphatic heterocycles. The second kappa shape index (κ2) is 7.18. The van der Waals surface area contributed by atoms with Gasteiger partial charge in [0.1, 0.15) is 5.75 Å². The van der Waals surface area contributed by atoms with E-state index >= 15 is 0 Å². The van der Waals surface area contributed by atoms with Gasteiger partial charge in [0, 0.05) is 18.8 Å². The van der Waals surface area contributed by atoms with E-state index in [1.165, 1.54) is 0 Å². The van der Waals surface area contributed by atoms with Gasteiger partial charge in [-0.05, 0) is 37.1 Å². The molecule has 112 valence electrons. The van der Waals surface area contributed by atoms with E-state index in [1.54, 1.807) is 37.4 Å². The molecule has 0 unspecified atom stereocenters. The number of nitrogens with one attached hydrogen (secondary N) is 1. The average molecular weight is 288 g/mol. The van der Waals surface area contributed by atoms with E-state index in [9.17, 15) is 4.39 Å². The standard InChI is InChI=1S/C17H21FN2O/c1-12(2)10-19-11-14-9-15(7-8-20-14)21-16-6-4-5-13(3)17(16)18/h4-9,12,19H,10-11H2,1-3H3. The summed E-state index contributed by atoms with van der Waals surface area (Å²) in [7, 11) is 0. The van der Waals surface area contributed by atoms with Gasteiger partial charge in [0.05, 0.1) is 5.69 Å². The summed E-state index contributed by atoms with van der Waals surface area (Å²) >= 11 is 0. The Morgan fingerprint density at radius 1 is 1.29 bits per heavy atom. The molecule has 1 aromatic heterocycles. The summed E-state index contributed by atoms with van der Waals surface area (Å²) in [5, 5.41) is 3.32. The molecule has 2 aromatic rings. The molecule has 0 spiro atoms. The van der Waals surface area contributed by atoms with Crippen molar-refractivity contribution in [2.75, 3.05) is 6.54 Å². The molecule has 3 nitrogen and oxygen atoms in total. The smallest absolute Gasteiger partial charge is 0.168 e. The Morgan fingerprint density at radius 2 is 2.10 bits per heavy atom. The molecule has 0 aliphatic carbocycles. The fourth-order valence-electron chi connectivity index (χ4n) is 1.93. The predicted molar refractivity (Wildman–Crippen MR) is 82.0 cm³/mol. The van der Waals surface area contributed by atoms with Gasteiger partial charge in [-0.1, -0.05) is 26.0 Å². The maximum Gasteiger partial charge on any atom is 0.168 e. The number of aromatic nitrogens is 1. The molecular weight excluding hydrogens is 267 g/mol. The lowest BCUT2D eigenvalue weighted by Gasteiger charge is -2.10. The molecule has 0 atom stereocenters. The van der Waals surface area contributed by atoms with Crippen molar-refractivity contribution < 1.29 is 9.13 Å². The first-order valence-electron chi connectivity index (χ1n) is 7.15. The van der Waals surface area contributed by atoms with E-state index in [0.717, 1.165) is 12.2 Å². The second-order valence-corrected chi connectivity index (χ2v) is 5.50. The summed E-state index contributed by atoms with van der Waals surface area (Å²) in [5.74, 6) is 1.10. The molecule has 1 aromatic carbocycles. The first kappa shape index (κ1) is 15.4. The molecule has 2 rings (SSSR count). The highest BCUT2D eigenvalue weighted by Gasteiger charge is 2.07. The van der Waals surface area contributed by atoms with Gasteiger partial charge in [-0.2, -0.15) is 0 Å². The van der Waals surface area contributed by atoms with Crippen molar-refractivity contribution in [3.05, 3.63) is 53.6 Å². The van der Waals surface area contributed by atoms with Crippen LogP contribution in [0.5, 0.6) is 11.5 Å². The second-order valence-electron chi connectivity index (χ2n) is 5.50. The quantitative estimate of drug-likeness (QED) is 0.870. The van der Waals surface area contributed by atoms with E-state index in [1.807, 2.05) is 6.07 Å². The average Bonchev–Trinajstić information content (AvgIpc) is 2.44. The highest BCUT2D eigenvalue weighted by molar-refractivity contribution is 5.35. The van der Waals surface area contributed by atoms with Crippen molar-refractivity contribution in [3.63, 3.8) is 0 Å². The number of aryl methyl sites for hydroxylation is 1. The molecule has 4 heteroatoms. The molecule has 21 heavy (non-hydrogen) atoms. The van der Waals surface area contributed by atoms with Gasteiger partial charge in [-0.3, -0.25) is 4.98 Å². The Kier molecular flexibility index (Phi) is 5.28. The molecule has 1 N–H and O–H groups in total. The lowest BCUT2D eigenvalue weighted by molar-refractivity contribution is 0.438. The largest absolute Gasteiger partial charge is 0.454 e. The van der Waals surface area contributed by atoms with E-state index in [0.29, 0.717) is 23.8 Å². The summed E-state index contributed by atoms with van der Waals surface area (Å²) in [6.45, 7) is 7.63. The zero-order valence-corrected chi connectivity index (χ0v) is 12.7. The Balaban J connectivity index is 2.05. The van der Waals surface area contributed by atoms with Crippen LogP contribution in [0.15, 0.2) is 36.5 Å². The van der Waals surface area contributed by atoms with Crippen molar-refractivity contribution in [1.82, 2.24) is 10.3 Å². The van der Waals surface area contributed by atoms with Crippen molar-refractivity contribution in [2.24, 2.45) is 5.92 Å². The van der Waals surface area contributed by atoms with Crippen LogP contribution in [0.4, 0.5) is 4.39 Å². The summed E-state index contributed by atoms with van der Waals surface area (Å²) in [6, 6.07) is 8.68. The van der Waals surface area contributed by atoms with Crippen LogP contribution in [0.2, 0.25) is 0 Å². The molecular formula is C17H21FN2O. The lowest BCUT2D eigenvalue weighted by Crippen LogP contribution is -2.19. The molecule has 1 heterocycles. The van der Waals surface area contributed by atoms with Gasteiger partial charge >= 0.3 is 0 Å². The number of rotatable bonds is 6. The van der Waals surface area contributed by atoms with Crippen LogP contribution in [-0.4, -0.2) is 11.5 Å². The van der Waals surface area contributed by atoms with Crippen LogP contribution >= 0.6 is 0 Å². The summed E-state index contributed by atoms with van der Waals surface area (Å²) in [4.78, 5) is 4.28. The van der Waals surface area contributed by atoms with E-state index < -0.39 is 0 Å². The van der Waals surface area contributed by atoms with Gasteiger partial charge in [0.15, 0.2) is 11.6 Å². The molecule has 0 amide bonds. The number of benzene rings is 1. The first-order valence-corrected chi connectivity index (χ1v) is 7.15. The highest BCUT2D eigenvalue weighted by atomic mass is 19.1. The van der Waals surface area contributed by atoms with Gasteiger partial charge in [-0.25, -0.2) is 4.39 Å². The maximum absolute atomic E-state index is 13.9. The van der Waals surface area contributed by atoms with Crippen LogP contribution in [0.25, 0.3) is 0 Å². The van der Waals surface area contributed by atoms with Crippen molar-refractivity contribution in [3.8, 4) is 11.5 Å². The molecule has 0 bridgehead atoms. The number of nitrogens with zero attached hydrogens (tertiary/aromatic N) is 1. The Bertz CT molecular complexity index is 599. The zero-order valence-electron chi connectivity index (χ0n) is 12.7. The van der Waals surface area contributed by atoms with Gasteiger partial charge in [0.2, 0.25) is 0 Å². The normalized spacial score (nSPS) is 10.9. The van der Waals surface area contributed by atoms with Crippen LogP contribution in [0.1, 0.15) is 25.1 Å². The third kappa shape index (κ3) is 4.53. The minimum Gasteiger partial charge on any atom is -0.454 e. The van der Waals surface area contributed by atoms with E-state index in [4.69, 9.17) is 4.74 Å². The van der Waals surface area contributed by atoms with E-state index in [2.05, 4.69) is 24.1 Å². The molecule has 0 radical (unpaired) electrons. The minimum absolute atomic E-state index is 0.238. The fourth-order valence-corrected chi connectivity index (χ4v) is 1.93. The SMILES string of the molecule is Cc1cccc(Oc2ccnc(CNCC(C)C)c2)c1F. The maximum atomic E-state index is 13.9. The van der Waals surface area contributed by atoms with Crippen LogP contribution < -0.4 is 10.1 Å². The number of pyridine rings is 1. The Hall–Kier alpha value is -1.94. The molecule has 0 saturated heterocycles. The van der Waals surface area contributed by atoms with Crippen molar-refractivity contribution in [2.45, 2.75) is 27.3 Å². The fraction of sp³-hybridized carbons (Fsp3) is 0.353. The number of ether oxygens (including phenoxy) is 1. The number of halogens is 1. The van der Waals surface area contributed by atoms with Crippen molar-refractivity contribution >= 4 is 0 Å². The third-order valence-corrected chi connectivity index (χ3v) is 3.03. The van der Waals surface area contributed by atoms with Crippen LogP contribution in [-0.2, 0) is 6.54 Å². The third-order valence-electron chi connectivity index (χ3n) is 3.03. The van der Waals surface area contributed by atoms with Crippen LogP contribution in [0, 0.1) is 18.7 Å². The van der Waals surface area contributed by atoms with E-state index in [-0.39, 0.29) is 11.6 Å². The number of hydrogen-bond donors (Lipinski definition) is 1. The zero-order chi connectivity index (χ0) is 15.2. The van der Waals surface area contributed by atoms with Crippen LogP contribution in [0.3, 0.4) is 0 Å². The van der Waals surface area contributed by atoms with Crippen molar-refractivity contribution in [1.29, 1.82) is 0 Å². The van der Waals surface area contributed by atoms with Gasteiger partial charge in [0.25, 0.3) is 0 Å². The number of hydrogen-bond acceptors (Lipinski definition) is 3. The summed E-state index contributed by atoms with van der Waals surface area (Å²) < 4.78 is 19.5. The van der Waals surface area contributed by atoms with Gasteiger partial charge in [-0.15, -0.1) is 0 Å².